The molecule has 0 spiro atoms. The van der Waals surface area contributed by atoms with E-state index in [9.17, 15) is 29.7 Å². The SMILES string of the molecule is CC(=O)Cc1c(C)c(O)c2c(c1O)C(=O)C(=O)C=C2O. The summed E-state index contributed by atoms with van der Waals surface area (Å²) in [5.41, 5.74) is -0.491. The van der Waals surface area contributed by atoms with Crippen LogP contribution < -0.4 is 0 Å². The number of carbonyl (C=O) groups excluding carboxylic acids is 3. The van der Waals surface area contributed by atoms with Gasteiger partial charge in [-0.2, -0.15) is 0 Å². The maximum absolute atomic E-state index is 11.8. The van der Waals surface area contributed by atoms with E-state index in [1.165, 1.54) is 13.8 Å². The van der Waals surface area contributed by atoms with Crippen molar-refractivity contribution < 1.29 is 29.7 Å². The van der Waals surface area contributed by atoms with Gasteiger partial charge in [-0.1, -0.05) is 0 Å². The van der Waals surface area contributed by atoms with Gasteiger partial charge in [-0.05, 0) is 19.4 Å². The van der Waals surface area contributed by atoms with Crippen molar-refractivity contribution in [3.8, 4) is 11.5 Å². The highest BCUT2D eigenvalue weighted by molar-refractivity contribution is 6.51. The molecule has 0 atom stereocenters. The summed E-state index contributed by atoms with van der Waals surface area (Å²) in [7, 11) is 0. The third kappa shape index (κ3) is 1.85. The Morgan fingerprint density at radius 2 is 1.70 bits per heavy atom. The molecule has 1 aromatic carbocycles. The quantitative estimate of drug-likeness (QED) is 0.552. The molecule has 0 radical (unpaired) electrons. The van der Waals surface area contributed by atoms with Gasteiger partial charge in [-0.3, -0.25) is 14.4 Å². The molecular weight excluding hydrogens is 264 g/mol. The summed E-state index contributed by atoms with van der Waals surface area (Å²) >= 11 is 0. The van der Waals surface area contributed by atoms with E-state index in [1.807, 2.05) is 0 Å². The van der Waals surface area contributed by atoms with Crippen LogP contribution in [0.1, 0.15) is 34.0 Å². The molecule has 0 saturated heterocycles. The summed E-state index contributed by atoms with van der Waals surface area (Å²) in [4.78, 5) is 34.4. The Bertz CT molecular complexity index is 696. The van der Waals surface area contributed by atoms with Crippen LogP contribution in [0.15, 0.2) is 6.08 Å². The number of phenolic OH excluding ortho intramolecular Hbond substituents is 2. The van der Waals surface area contributed by atoms with E-state index in [4.69, 9.17) is 0 Å². The predicted molar refractivity (Wildman–Crippen MR) is 68.8 cm³/mol. The fraction of sp³-hybridized carbons (Fsp3) is 0.214. The molecule has 104 valence electrons. The van der Waals surface area contributed by atoms with Crippen LogP contribution in [0, 0.1) is 6.92 Å². The van der Waals surface area contributed by atoms with Gasteiger partial charge in [0.2, 0.25) is 11.6 Å². The largest absolute Gasteiger partial charge is 0.507 e. The zero-order chi connectivity index (χ0) is 15.2. The second kappa shape index (κ2) is 4.48. The summed E-state index contributed by atoms with van der Waals surface area (Å²) in [5, 5.41) is 29.9. The van der Waals surface area contributed by atoms with Crippen LogP contribution in [0.25, 0.3) is 5.76 Å². The van der Waals surface area contributed by atoms with Gasteiger partial charge in [0, 0.05) is 18.1 Å². The van der Waals surface area contributed by atoms with Crippen LogP contribution >= 0.6 is 0 Å². The van der Waals surface area contributed by atoms with Gasteiger partial charge in [0.15, 0.2) is 0 Å². The Balaban J connectivity index is 2.86. The predicted octanol–water partition coefficient (Wildman–Crippen LogP) is 1.20. The van der Waals surface area contributed by atoms with Crippen molar-refractivity contribution >= 4 is 23.1 Å². The number of Topliss-reactive ketones (excluding diaryl/α,β-unsaturated/α-hetero) is 2. The van der Waals surface area contributed by atoms with Crippen LogP contribution in [0.5, 0.6) is 11.5 Å². The number of fused-ring (bicyclic) bond motifs is 1. The number of aromatic hydroxyl groups is 2. The number of benzene rings is 1. The number of aliphatic hydroxyl groups excluding tert-OH is 1. The molecule has 0 bridgehead atoms. The minimum atomic E-state index is -1.03. The first-order chi connectivity index (χ1) is 9.25. The molecule has 0 aliphatic heterocycles. The lowest BCUT2D eigenvalue weighted by molar-refractivity contribution is -0.116. The Hall–Kier alpha value is -2.63. The molecule has 0 aromatic heterocycles. The van der Waals surface area contributed by atoms with E-state index < -0.39 is 34.4 Å². The lowest BCUT2D eigenvalue weighted by Crippen LogP contribution is -2.20. The molecular formula is C14H12O6. The van der Waals surface area contributed by atoms with Gasteiger partial charge in [-0.15, -0.1) is 0 Å². The minimum Gasteiger partial charge on any atom is -0.507 e. The topological polar surface area (TPSA) is 112 Å². The van der Waals surface area contributed by atoms with E-state index in [-0.39, 0.29) is 28.9 Å². The highest BCUT2D eigenvalue weighted by atomic mass is 16.3. The normalized spacial score (nSPS) is 14.0. The van der Waals surface area contributed by atoms with Crippen molar-refractivity contribution in [2.24, 2.45) is 0 Å². The first-order valence-corrected chi connectivity index (χ1v) is 5.82. The zero-order valence-electron chi connectivity index (χ0n) is 10.9. The number of allylic oxidation sites excluding steroid dienone is 1. The third-order valence-corrected chi connectivity index (χ3v) is 3.22. The monoisotopic (exact) mass is 276 g/mol. The Labute approximate surface area is 114 Å². The van der Waals surface area contributed by atoms with Gasteiger partial charge < -0.3 is 15.3 Å². The average Bonchev–Trinajstić information content (AvgIpc) is 2.36. The van der Waals surface area contributed by atoms with Crippen molar-refractivity contribution in [2.45, 2.75) is 20.3 Å². The number of phenols is 2. The van der Waals surface area contributed by atoms with Crippen molar-refractivity contribution in [2.75, 3.05) is 0 Å². The van der Waals surface area contributed by atoms with Crippen molar-refractivity contribution in [3.05, 3.63) is 28.3 Å². The van der Waals surface area contributed by atoms with Crippen LogP contribution in [-0.2, 0) is 16.0 Å². The third-order valence-electron chi connectivity index (χ3n) is 3.22. The molecule has 20 heavy (non-hydrogen) atoms. The Kier molecular flexibility index (Phi) is 3.09. The van der Waals surface area contributed by atoms with Crippen molar-refractivity contribution in [1.82, 2.24) is 0 Å². The molecule has 2 rings (SSSR count). The van der Waals surface area contributed by atoms with E-state index in [0.29, 0.717) is 6.08 Å². The lowest BCUT2D eigenvalue weighted by Gasteiger charge is -2.20. The summed E-state index contributed by atoms with van der Waals surface area (Å²) in [6.45, 7) is 2.74. The smallest absolute Gasteiger partial charge is 0.237 e. The average molecular weight is 276 g/mol. The van der Waals surface area contributed by atoms with Gasteiger partial charge in [0.1, 0.15) is 23.0 Å². The molecule has 6 heteroatoms. The minimum absolute atomic E-state index is 0.0737. The molecule has 0 fully saturated rings. The number of hydrogen-bond acceptors (Lipinski definition) is 6. The van der Waals surface area contributed by atoms with Crippen molar-refractivity contribution in [1.29, 1.82) is 0 Å². The van der Waals surface area contributed by atoms with Gasteiger partial charge >= 0.3 is 0 Å². The lowest BCUT2D eigenvalue weighted by atomic mass is 9.86. The molecule has 0 amide bonds. The number of aliphatic hydroxyl groups is 1. The second-order valence-electron chi connectivity index (χ2n) is 4.65. The number of hydrogen-bond donors (Lipinski definition) is 3. The van der Waals surface area contributed by atoms with E-state index in [1.54, 1.807) is 0 Å². The first-order valence-electron chi connectivity index (χ1n) is 5.82. The van der Waals surface area contributed by atoms with Crippen LogP contribution in [0.4, 0.5) is 0 Å². The summed E-state index contributed by atoms with van der Waals surface area (Å²) < 4.78 is 0. The Morgan fingerprint density at radius 1 is 1.10 bits per heavy atom. The fourth-order valence-electron chi connectivity index (χ4n) is 2.22. The molecule has 0 heterocycles. The fourth-order valence-corrected chi connectivity index (χ4v) is 2.22. The maximum Gasteiger partial charge on any atom is 0.237 e. The molecule has 0 saturated carbocycles. The molecule has 0 unspecified atom stereocenters. The standard InChI is InChI=1S/C14H12O6/c1-5(15)3-7-6(2)12(18)10-8(16)4-9(17)14(20)11(10)13(7)19/h4,16,18-19H,3H2,1-2H3. The number of rotatable bonds is 2. The Morgan fingerprint density at radius 3 is 2.25 bits per heavy atom. The molecule has 1 aromatic rings. The maximum atomic E-state index is 11.8. The van der Waals surface area contributed by atoms with Crippen LogP contribution in [-0.4, -0.2) is 32.7 Å². The molecule has 1 aliphatic carbocycles. The van der Waals surface area contributed by atoms with E-state index in [0.717, 1.165) is 0 Å². The van der Waals surface area contributed by atoms with Gasteiger partial charge in [0.25, 0.3) is 0 Å². The zero-order valence-corrected chi connectivity index (χ0v) is 10.9. The highest BCUT2D eigenvalue weighted by Crippen LogP contribution is 2.42. The van der Waals surface area contributed by atoms with E-state index >= 15 is 0 Å². The van der Waals surface area contributed by atoms with Crippen molar-refractivity contribution in [3.63, 3.8) is 0 Å². The summed E-state index contributed by atoms with van der Waals surface area (Å²) in [6, 6.07) is 0. The molecule has 1 aliphatic rings. The molecule has 3 N–H and O–H groups in total. The highest BCUT2D eigenvalue weighted by Gasteiger charge is 2.34. The summed E-state index contributed by atoms with van der Waals surface area (Å²) in [5.74, 6) is -3.88. The first kappa shape index (κ1) is 13.8. The molecule has 6 nitrogen and oxygen atoms in total. The van der Waals surface area contributed by atoms with Gasteiger partial charge in [-0.25, -0.2) is 0 Å². The second-order valence-corrected chi connectivity index (χ2v) is 4.65. The number of ketones is 3. The van der Waals surface area contributed by atoms with E-state index in [2.05, 4.69) is 0 Å². The number of carbonyl (C=O) groups is 3. The van der Waals surface area contributed by atoms with Crippen LogP contribution in [0.3, 0.4) is 0 Å². The van der Waals surface area contributed by atoms with Gasteiger partial charge in [0.05, 0.1) is 11.1 Å². The summed E-state index contributed by atoms with van der Waals surface area (Å²) in [6.07, 6.45) is 0.498. The van der Waals surface area contributed by atoms with Crippen LogP contribution in [0.2, 0.25) is 0 Å².